The Kier molecular flexibility index (Phi) is 2.95. The largest absolute Gasteiger partial charge is 0.396 e. The first-order chi connectivity index (χ1) is 8.06. The van der Waals surface area contributed by atoms with Gasteiger partial charge in [0.1, 0.15) is 5.82 Å². The van der Waals surface area contributed by atoms with Gasteiger partial charge >= 0.3 is 0 Å². The number of hydrogen-bond acceptors (Lipinski definition) is 3. The van der Waals surface area contributed by atoms with Crippen LogP contribution >= 0.6 is 0 Å². The van der Waals surface area contributed by atoms with E-state index in [-0.39, 0.29) is 5.82 Å². The number of anilines is 3. The van der Waals surface area contributed by atoms with E-state index in [1.165, 1.54) is 6.07 Å². The van der Waals surface area contributed by atoms with E-state index in [9.17, 15) is 4.39 Å². The van der Waals surface area contributed by atoms with E-state index in [0.29, 0.717) is 17.2 Å². The summed E-state index contributed by atoms with van der Waals surface area (Å²) in [6.45, 7) is 3.70. The average molecular weight is 231 g/mol. The Morgan fingerprint density at radius 2 is 1.94 bits per heavy atom. The maximum Gasteiger partial charge on any atom is 0.153 e. The zero-order valence-electron chi connectivity index (χ0n) is 9.79. The number of rotatable bonds is 2. The Balaban J connectivity index is 2.34. The smallest absolute Gasteiger partial charge is 0.153 e. The lowest BCUT2D eigenvalue weighted by molar-refractivity contribution is 0.630. The van der Waals surface area contributed by atoms with E-state index in [2.05, 4.69) is 10.3 Å². The third-order valence-corrected chi connectivity index (χ3v) is 2.44. The first-order valence-corrected chi connectivity index (χ1v) is 5.32. The number of aryl methyl sites for hydroxylation is 2. The first kappa shape index (κ1) is 11.4. The minimum atomic E-state index is -0.312. The third-order valence-electron chi connectivity index (χ3n) is 2.44. The van der Waals surface area contributed by atoms with Gasteiger partial charge in [0, 0.05) is 5.69 Å². The Morgan fingerprint density at radius 3 is 2.65 bits per heavy atom. The van der Waals surface area contributed by atoms with Crippen molar-refractivity contribution in [3.63, 3.8) is 0 Å². The molecule has 3 nitrogen and oxygen atoms in total. The summed E-state index contributed by atoms with van der Waals surface area (Å²) in [5, 5.41) is 2.90. The summed E-state index contributed by atoms with van der Waals surface area (Å²) >= 11 is 0. The minimum absolute atomic E-state index is 0.312. The molecule has 0 aliphatic rings. The first-order valence-electron chi connectivity index (χ1n) is 5.32. The van der Waals surface area contributed by atoms with Crippen LogP contribution < -0.4 is 11.1 Å². The van der Waals surface area contributed by atoms with Gasteiger partial charge in [-0.25, -0.2) is 9.37 Å². The maximum absolute atomic E-state index is 13.6. The SMILES string of the molecule is Cc1ccc(Nc2nc(C)ccc2N)c(F)c1. The Morgan fingerprint density at radius 1 is 1.18 bits per heavy atom. The van der Waals surface area contributed by atoms with Gasteiger partial charge in [-0.1, -0.05) is 6.07 Å². The molecular formula is C13H14FN3. The van der Waals surface area contributed by atoms with E-state index < -0.39 is 0 Å². The average Bonchev–Trinajstić information content (AvgIpc) is 2.27. The van der Waals surface area contributed by atoms with Crippen molar-refractivity contribution in [2.24, 2.45) is 0 Å². The zero-order chi connectivity index (χ0) is 12.4. The highest BCUT2D eigenvalue weighted by Crippen LogP contribution is 2.23. The highest BCUT2D eigenvalue weighted by Gasteiger charge is 2.06. The number of nitrogens with zero attached hydrogens (tertiary/aromatic N) is 1. The molecule has 1 aromatic heterocycles. The maximum atomic E-state index is 13.6. The molecule has 2 rings (SSSR count). The molecule has 0 radical (unpaired) electrons. The zero-order valence-corrected chi connectivity index (χ0v) is 9.79. The molecule has 0 saturated heterocycles. The topological polar surface area (TPSA) is 50.9 Å². The van der Waals surface area contributed by atoms with Crippen molar-refractivity contribution in [3.8, 4) is 0 Å². The Bertz CT molecular complexity index is 552. The summed E-state index contributed by atoms with van der Waals surface area (Å²) in [7, 11) is 0. The summed E-state index contributed by atoms with van der Waals surface area (Å²) in [4.78, 5) is 4.23. The standard InChI is InChI=1S/C13H14FN3/c1-8-3-6-12(10(14)7-8)17-13-11(15)5-4-9(2)16-13/h3-7H,15H2,1-2H3,(H,16,17). The van der Waals surface area contributed by atoms with E-state index in [1.54, 1.807) is 12.1 Å². The van der Waals surface area contributed by atoms with Crippen LogP contribution in [0.1, 0.15) is 11.3 Å². The molecule has 3 N–H and O–H groups in total. The number of aromatic nitrogens is 1. The molecule has 0 spiro atoms. The fourth-order valence-corrected chi connectivity index (χ4v) is 1.52. The molecule has 0 saturated carbocycles. The molecule has 0 atom stereocenters. The van der Waals surface area contributed by atoms with Gasteiger partial charge in [0.15, 0.2) is 5.82 Å². The van der Waals surface area contributed by atoms with Gasteiger partial charge in [-0.2, -0.15) is 0 Å². The third kappa shape index (κ3) is 2.53. The van der Waals surface area contributed by atoms with Crippen molar-refractivity contribution in [1.82, 2.24) is 4.98 Å². The van der Waals surface area contributed by atoms with Crippen molar-refractivity contribution in [3.05, 3.63) is 47.4 Å². The lowest BCUT2D eigenvalue weighted by Crippen LogP contribution is -2.01. The number of nitrogens with one attached hydrogen (secondary N) is 1. The van der Waals surface area contributed by atoms with Crippen molar-refractivity contribution < 1.29 is 4.39 Å². The van der Waals surface area contributed by atoms with Crippen LogP contribution in [0.2, 0.25) is 0 Å². The van der Waals surface area contributed by atoms with Crippen LogP contribution in [0.15, 0.2) is 30.3 Å². The molecule has 1 heterocycles. The summed E-state index contributed by atoms with van der Waals surface area (Å²) in [6, 6.07) is 8.53. The highest BCUT2D eigenvalue weighted by molar-refractivity contribution is 5.69. The van der Waals surface area contributed by atoms with E-state index in [1.807, 2.05) is 26.0 Å². The van der Waals surface area contributed by atoms with Gasteiger partial charge in [-0.05, 0) is 43.7 Å². The van der Waals surface area contributed by atoms with Crippen molar-refractivity contribution >= 4 is 17.2 Å². The molecule has 0 unspecified atom stereocenters. The summed E-state index contributed by atoms with van der Waals surface area (Å²) in [5.41, 5.74) is 8.34. The normalized spacial score (nSPS) is 10.3. The van der Waals surface area contributed by atoms with Crippen LogP contribution in [0.4, 0.5) is 21.6 Å². The number of nitrogen functional groups attached to an aromatic ring is 1. The number of halogens is 1. The van der Waals surface area contributed by atoms with E-state index in [4.69, 9.17) is 5.73 Å². The van der Waals surface area contributed by atoms with Gasteiger partial charge in [-0.3, -0.25) is 0 Å². The molecule has 0 aliphatic carbocycles. The van der Waals surface area contributed by atoms with Crippen LogP contribution in [0, 0.1) is 19.7 Å². The second-order valence-electron chi connectivity index (χ2n) is 4.00. The van der Waals surface area contributed by atoms with Gasteiger partial charge in [-0.15, -0.1) is 0 Å². The molecule has 1 aromatic carbocycles. The molecule has 0 bridgehead atoms. The molecule has 88 valence electrons. The molecular weight excluding hydrogens is 217 g/mol. The lowest BCUT2D eigenvalue weighted by atomic mass is 10.2. The predicted molar refractivity (Wildman–Crippen MR) is 67.8 cm³/mol. The molecule has 17 heavy (non-hydrogen) atoms. The predicted octanol–water partition coefficient (Wildman–Crippen LogP) is 3.16. The molecule has 0 aliphatic heterocycles. The number of benzene rings is 1. The second-order valence-corrected chi connectivity index (χ2v) is 4.00. The van der Waals surface area contributed by atoms with Crippen LogP contribution in [-0.2, 0) is 0 Å². The van der Waals surface area contributed by atoms with Crippen LogP contribution in [0.3, 0.4) is 0 Å². The Labute approximate surface area is 99.5 Å². The van der Waals surface area contributed by atoms with Crippen molar-refractivity contribution in [2.75, 3.05) is 11.1 Å². The fraction of sp³-hybridized carbons (Fsp3) is 0.154. The monoisotopic (exact) mass is 231 g/mol. The molecule has 0 fully saturated rings. The van der Waals surface area contributed by atoms with Crippen LogP contribution in [-0.4, -0.2) is 4.98 Å². The molecule has 2 aromatic rings. The highest BCUT2D eigenvalue weighted by atomic mass is 19.1. The van der Waals surface area contributed by atoms with Crippen molar-refractivity contribution in [2.45, 2.75) is 13.8 Å². The fourth-order valence-electron chi connectivity index (χ4n) is 1.52. The number of hydrogen-bond donors (Lipinski definition) is 2. The van der Waals surface area contributed by atoms with Crippen molar-refractivity contribution in [1.29, 1.82) is 0 Å². The lowest BCUT2D eigenvalue weighted by Gasteiger charge is -2.10. The number of nitrogens with two attached hydrogens (primary N) is 1. The van der Waals surface area contributed by atoms with E-state index >= 15 is 0 Å². The quantitative estimate of drug-likeness (QED) is 0.834. The summed E-state index contributed by atoms with van der Waals surface area (Å²) in [6.07, 6.45) is 0. The van der Waals surface area contributed by atoms with Crippen LogP contribution in [0.5, 0.6) is 0 Å². The Hall–Kier alpha value is -2.10. The van der Waals surface area contributed by atoms with Gasteiger partial charge < -0.3 is 11.1 Å². The number of pyridine rings is 1. The van der Waals surface area contributed by atoms with Gasteiger partial charge in [0.25, 0.3) is 0 Å². The van der Waals surface area contributed by atoms with Gasteiger partial charge in [0.05, 0.1) is 11.4 Å². The summed E-state index contributed by atoms with van der Waals surface area (Å²) < 4.78 is 13.6. The van der Waals surface area contributed by atoms with Crippen LogP contribution in [0.25, 0.3) is 0 Å². The molecule has 0 amide bonds. The van der Waals surface area contributed by atoms with Gasteiger partial charge in [0.2, 0.25) is 0 Å². The second kappa shape index (κ2) is 4.41. The van der Waals surface area contributed by atoms with E-state index in [0.717, 1.165) is 11.3 Å². The summed E-state index contributed by atoms with van der Waals surface area (Å²) in [5.74, 6) is 0.167. The molecule has 4 heteroatoms. The minimum Gasteiger partial charge on any atom is -0.396 e.